The topological polar surface area (TPSA) is 58.4 Å². The molecule has 0 aliphatic carbocycles. The highest BCUT2D eigenvalue weighted by Gasteiger charge is 2.23. The highest BCUT2D eigenvalue weighted by molar-refractivity contribution is 5.95. The summed E-state index contributed by atoms with van der Waals surface area (Å²) in [5, 5.41) is 14.4. The molecule has 0 saturated heterocycles. The first-order chi connectivity index (χ1) is 11.0. The monoisotopic (exact) mass is 315 g/mol. The Morgan fingerprint density at radius 3 is 2.61 bits per heavy atom. The Bertz CT molecular complexity index is 637. The van der Waals surface area contributed by atoms with E-state index >= 15 is 0 Å². The van der Waals surface area contributed by atoms with Gasteiger partial charge >= 0.3 is 0 Å². The second-order valence-electron chi connectivity index (χ2n) is 5.75. The van der Waals surface area contributed by atoms with Gasteiger partial charge in [-0.25, -0.2) is 0 Å². The van der Waals surface area contributed by atoms with Crippen LogP contribution >= 0.6 is 0 Å². The number of carbonyl (C=O) groups is 1. The number of aryl methyl sites for hydroxylation is 2. The van der Waals surface area contributed by atoms with E-state index in [9.17, 15) is 9.90 Å². The van der Waals surface area contributed by atoms with Crippen molar-refractivity contribution in [1.82, 2.24) is 14.7 Å². The predicted octanol–water partition coefficient (Wildman–Crippen LogP) is 2.40. The van der Waals surface area contributed by atoms with Crippen LogP contribution in [0.15, 0.2) is 36.5 Å². The van der Waals surface area contributed by atoms with Crippen LogP contribution in [0.5, 0.6) is 0 Å². The van der Waals surface area contributed by atoms with E-state index in [2.05, 4.69) is 5.10 Å². The summed E-state index contributed by atoms with van der Waals surface area (Å²) in [6.45, 7) is 4.70. The molecule has 0 radical (unpaired) electrons. The zero-order valence-electron chi connectivity index (χ0n) is 14.1. The van der Waals surface area contributed by atoms with Crippen molar-refractivity contribution in [2.24, 2.45) is 7.05 Å². The normalized spacial score (nSPS) is 12.2. The van der Waals surface area contributed by atoms with E-state index < -0.39 is 6.10 Å². The van der Waals surface area contributed by atoms with Gasteiger partial charge in [-0.05, 0) is 18.4 Å². The van der Waals surface area contributed by atoms with Crippen molar-refractivity contribution in [3.8, 4) is 0 Å². The lowest BCUT2D eigenvalue weighted by atomic mass is 10.1. The number of carbonyl (C=O) groups excluding carboxylic acids is 1. The van der Waals surface area contributed by atoms with Gasteiger partial charge in [-0.15, -0.1) is 0 Å². The molecular weight excluding hydrogens is 290 g/mol. The Balaban J connectivity index is 2.26. The van der Waals surface area contributed by atoms with Crippen molar-refractivity contribution in [3.63, 3.8) is 0 Å². The fourth-order valence-corrected chi connectivity index (χ4v) is 2.55. The van der Waals surface area contributed by atoms with Gasteiger partial charge in [0.1, 0.15) is 0 Å². The van der Waals surface area contributed by atoms with Crippen LogP contribution in [0, 0.1) is 0 Å². The maximum absolute atomic E-state index is 13.0. The number of rotatable bonds is 7. The molecular formula is C18H25N3O2. The molecule has 0 aliphatic rings. The van der Waals surface area contributed by atoms with Gasteiger partial charge in [0.25, 0.3) is 5.91 Å². The molecule has 5 heteroatoms. The average Bonchev–Trinajstić information content (AvgIpc) is 2.95. The van der Waals surface area contributed by atoms with Gasteiger partial charge < -0.3 is 10.0 Å². The Kier molecular flexibility index (Phi) is 5.93. The molecule has 23 heavy (non-hydrogen) atoms. The molecule has 0 spiro atoms. The van der Waals surface area contributed by atoms with E-state index in [1.807, 2.05) is 51.2 Å². The highest BCUT2D eigenvalue weighted by Crippen LogP contribution is 2.15. The van der Waals surface area contributed by atoms with Gasteiger partial charge in [0.05, 0.1) is 17.4 Å². The van der Waals surface area contributed by atoms with Crippen LogP contribution in [0.1, 0.15) is 41.9 Å². The maximum Gasteiger partial charge on any atom is 0.257 e. The van der Waals surface area contributed by atoms with Crippen molar-refractivity contribution < 1.29 is 9.90 Å². The third kappa shape index (κ3) is 4.42. The summed E-state index contributed by atoms with van der Waals surface area (Å²) in [6.07, 6.45) is 2.56. The molecule has 1 atom stereocenters. The van der Waals surface area contributed by atoms with E-state index in [-0.39, 0.29) is 5.91 Å². The van der Waals surface area contributed by atoms with Crippen LogP contribution in [0.2, 0.25) is 0 Å². The van der Waals surface area contributed by atoms with Crippen LogP contribution in [-0.2, 0) is 20.0 Å². The lowest BCUT2D eigenvalue weighted by molar-refractivity contribution is 0.0597. The van der Waals surface area contributed by atoms with Gasteiger partial charge in [-0.3, -0.25) is 9.48 Å². The largest absolute Gasteiger partial charge is 0.391 e. The van der Waals surface area contributed by atoms with Gasteiger partial charge in [0, 0.05) is 26.3 Å². The summed E-state index contributed by atoms with van der Waals surface area (Å²) in [6, 6.07) is 9.84. The minimum atomic E-state index is -0.524. The summed E-state index contributed by atoms with van der Waals surface area (Å²) in [5.74, 6) is -0.0775. The first-order valence-electron chi connectivity index (χ1n) is 8.08. The molecule has 1 N–H and O–H groups in total. The van der Waals surface area contributed by atoms with Crippen LogP contribution < -0.4 is 0 Å². The quantitative estimate of drug-likeness (QED) is 0.853. The number of hydrogen-bond donors (Lipinski definition) is 1. The van der Waals surface area contributed by atoms with E-state index in [0.29, 0.717) is 31.5 Å². The van der Waals surface area contributed by atoms with Gasteiger partial charge in [-0.2, -0.15) is 5.10 Å². The van der Waals surface area contributed by atoms with Crippen molar-refractivity contribution in [2.45, 2.75) is 39.3 Å². The minimum Gasteiger partial charge on any atom is -0.391 e. The minimum absolute atomic E-state index is 0.0775. The van der Waals surface area contributed by atoms with E-state index in [4.69, 9.17) is 0 Å². The molecule has 1 heterocycles. The lowest BCUT2D eigenvalue weighted by Gasteiger charge is -2.25. The first-order valence-corrected chi connectivity index (χ1v) is 8.08. The van der Waals surface area contributed by atoms with Crippen molar-refractivity contribution >= 4 is 5.91 Å². The van der Waals surface area contributed by atoms with Crippen LogP contribution in [0.25, 0.3) is 0 Å². The summed E-state index contributed by atoms with van der Waals surface area (Å²) in [4.78, 5) is 14.7. The van der Waals surface area contributed by atoms with E-state index in [1.165, 1.54) is 0 Å². The fraction of sp³-hybridized carbons (Fsp3) is 0.444. The van der Waals surface area contributed by atoms with Crippen LogP contribution in [0.4, 0.5) is 0 Å². The Hall–Kier alpha value is -2.14. The number of nitrogens with zero attached hydrogens (tertiary/aromatic N) is 3. The third-order valence-corrected chi connectivity index (χ3v) is 3.88. The SMILES string of the molecule is CCc1nn(C)cc1C(=O)N(Cc1ccccc1)CC(O)CC. The predicted molar refractivity (Wildman–Crippen MR) is 90.1 cm³/mol. The molecule has 0 saturated carbocycles. The maximum atomic E-state index is 13.0. The number of aliphatic hydroxyl groups excluding tert-OH is 1. The summed E-state index contributed by atoms with van der Waals surface area (Å²) in [5.41, 5.74) is 2.46. The fourth-order valence-electron chi connectivity index (χ4n) is 2.55. The number of aliphatic hydroxyl groups is 1. The zero-order chi connectivity index (χ0) is 16.8. The number of amides is 1. The van der Waals surface area contributed by atoms with Crippen molar-refractivity contribution in [1.29, 1.82) is 0 Å². The van der Waals surface area contributed by atoms with E-state index in [0.717, 1.165) is 11.3 Å². The molecule has 5 nitrogen and oxygen atoms in total. The molecule has 2 aromatic rings. The molecule has 1 unspecified atom stereocenters. The molecule has 0 aliphatic heterocycles. The number of aromatic nitrogens is 2. The Labute approximate surface area is 137 Å². The van der Waals surface area contributed by atoms with E-state index in [1.54, 1.807) is 15.8 Å². The molecule has 1 aromatic heterocycles. The zero-order valence-corrected chi connectivity index (χ0v) is 14.1. The second kappa shape index (κ2) is 7.92. The highest BCUT2D eigenvalue weighted by atomic mass is 16.3. The van der Waals surface area contributed by atoms with Gasteiger partial charge in [0.15, 0.2) is 0 Å². The first kappa shape index (κ1) is 17.2. The summed E-state index contributed by atoms with van der Waals surface area (Å²) >= 11 is 0. The van der Waals surface area contributed by atoms with Crippen molar-refractivity contribution in [3.05, 3.63) is 53.3 Å². The standard InChI is InChI=1S/C18H25N3O2/c1-4-15(22)12-21(11-14-9-7-6-8-10-14)18(23)16-13-20(3)19-17(16)5-2/h6-10,13,15,22H,4-5,11-12H2,1-3H3. The Morgan fingerprint density at radius 2 is 2.00 bits per heavy atom. The van der Waals surface area contributed by atoms with Crippen molar-refractivity contribution in [2.75, 3.05) is 6.54 Å². The second-order valence-corrected chi connectivity index (χ2v) is 5.75. The molecule has 124 valence electrons. The van der Waals surface area contributed by atoms with Crippen LogP contribution in [-0.4, -0.2) is 38.3 Å². The van der Waals surface area contributed by atoms with Crippen LogP contribution in [0.3, 0.4) is 0 Å². The Morgan fingerprint density at radius 1 is 1.30 bits per heavy atom. The van der Waals surface area contributed by atoms with Gasteiger partial charge in [0.2, 0.25) is 0 Å². The number of hydrogen-bond acceptors (Lipinski definition) is 3. The molecule has 1 aromatic carbocycles. The number of benzene rings is 1. The lowest BCUT2D eigenvalue weighted by Crippen LogP contribution is -2.37. The summed E-state index contributed by atoms with van der Waals surface area (Å²) in [7, 11) is 1.82. The van der Waals surface area contributed by atoms with Gasteiger partial charge in [-0.1, -0.05) is 44.2 Å². The molecule has 1 amide bonds. The average molecular weight is 315 g/mol. The summed E-state index contributed by atoms with van der Waals surface area (Å²) < 4.78 is 1.67. The molecule has 0 fully saturated rings. The molecule has 0 bridgehead atoms. The smallest absolute Gasteiger partial charge is 0.257 e. The third-order valence-electron chi connectivity index (χ3n) is 3.88. The molecule has 2 rings (SSSR count).